The Kier molecular flexibility index (Phi) is 7.31. The van der Waals surface area contributed by atoms with Crippen molar-refractivity contribution in [2.45, 2.75) is 17.9 Å². The fourth-order valence-corrected chi connectivity index (χ4v) is 2.82. The van der Waals surface area contributed by atoms with E-state index in [1.165, 1.54) is 18.2 Å². The Bertz CT molecular complexity index is 802. The number of phenols is 1. The molecule has 0 radical (unpaired) electrons. The number of anilines is 1. The minimum absolute atomic E-state index is 0.0876. The van der Waals surface area contributed by atoms with Crippen LogP contribution in [0.15, 0.2) is 65.6 Å². The zero-order valence-corrected chi connectivity index (χ0v) is 15.8. The number of hydrogen-bond acceptors (Lipinski definition) is 5. The highest BCUT2D eigenvalue weighted by Gasteiger charge is 2.22. The molecule has 0 heterocycles. The van der Waals surface area contributed by atoms with Gasteiger partial charge in [0.1, 0.15) is 11.9 Å². The van der Waals surface area contributed by atoms with E-state index in [2.05, 4.69) is 5.32 Å². The molecule has 0 aromatic heterocycles. The van der Waals surface area contributed by atoms with Crippen molar-refractivity contribution in [3.05, 3.63) is 66.2 Å². The zero-order valence-electron chi connectivity index (χ0n) is 15.0. The van der Waals surface area contributed by atoms with E-state index >= 15 is 0 Å². The van der Waals surface area contributed by atoms with Crippen molar-refractivity contribution < 1.29 is 24.5 Å². The predicted octanol–water partition coefficient (Wildman–Crippen LogP) is 4.68. The fraction of sp³-hybridized carbons (Fsp3) is 0.200. The average Bonchev–Trinajstić information content (AvgIpc) is 2.65. The predicted molar refractivity (Wildman–Crippen MR) is 105 cm³/mol. The third-order valence-electron chi connectivity index (χ3n) is 3.81. The summed E-state index contributed by atoms with van der Waals surface area (Å²) in [6.45, 7) is 1.75. The Morgan fingerprint density at radius 1 is 1.11 bits per heavy atom. The molecule has 6 nitrogen and oxygen atoms in total. The first kappa shape index (κ1) is 20.4. The highest BCUT2D eigenvalue weighted by Crippen LogP contribution is 2.29. The van der Waals surface area contributed by atoms with Gasteiger partial charge in [-0.3, -0.25) is 5.32 Å². The molecule has 0 unspecified atom stereocenters. The number of nitrogens with one attached hydrogen (secondary N) is 1. The van der Waals surface area contributed by atoms with E-state index in [0.717, 1.165) is 11.0 Å². The van der Waals surface area contributed by atoms with E-state index in [0.29, 0.717) is 11.3 Å². The van der Waals surface area contributed by atoms with Gasteiger partial charge < -0.3 is 14.9 Å². The summed E-state index contributed by atoms with van der Waals surface area (Å²) < 4.78 is 5.55. The van der Waals surface area contributed by atoms with Crippen LogP contribution in [-0.4, -0.2) is 28.5 Å². The number of hydrogen-bond donors (Lipinski definition) is 3. The molecule has 0 bridgehead atoms. The van der Waals surface area contributed by atoms with E-state index in [1.54, 1.807) is 43.0 Å². The van der Waals surface area contributed by atoms with Crippen molar-refractivity contribution in [2.75, 3.05) is 11.6 Å². The van der Waals surface area contributed by atoms with Crippen LogP contribution in [0.5, 0.6) is 5.75 Å². The summed E-state index contributed by atoms with van der Waals surface area (Å²) in [6, 6.07) is 13.5. The molecule has 0 saturated heterocycles. The molecule has 0 aliphatic rings. The zero-order chi connectivity index (χ0) is 19.8. The van der Waals surface area contributed by atoms with Crippen molar-refractivity contribution in [2.24, 2.45) is 5.92 Å². The van der Waals surface area contributed by atoms with Crippen LogP contribution in [0.2, 0.25) is 0 Å². The lowest BCUT2D eigenvalue weighted by molar-refractivity contribution is -0.131. The number of ether oxygens (including phenoxy) is 1. The number of amides is 1. The van der Waals surface area contributed by atoms with Gasteiger partial charge in [-0.1, -0.05) is 25.1 Å². The SMILES string of the molecule is CSc1ccc(NC(=O)O[C@@H](c2ccc(O)cc2)[C@@H](C)/C=C/C(=O)O)cc1. The van der Waals surface area contributed by atoms with Gasteiger partial charge in [-0.25, -0.2) is 9.59 Å². The van der Waals surface area contributed by atoms with Gasteiger partial charge in [0.25, 0.3) is 0 Å². The van der Waals surface area contributed by atoms with E-state index in [4.69, 9.17) is 9.84 Å². The second-order valence-electron chi connectivity index (χ2n) is 5.83. The number of phenolic OH excluding ortho intramolecular Hbond substituents is 1. The van der Waals surface area contributed by atoms with Gasteiger partial charge >= 0.3 is 12.1 Å². The summed E-state index contributed by atoms with van der Waals surface area (Å²) >= 11 is 1.60. The standard InChI is InChI=1S/C20H21NO5S/c1-13(3-12-18(23)24)19(14-4-8-16(22)9-5-14)26-20(25)21-15-6-10-17(27-2)11-7-15/h3-13,19,22H,1-2H3,(H,21,25)(H,23,24)/b12-3+/t13-,19+/m0/s1. The molecule has 0 saturated carbocycles. The summed E-state index contributed by atoms with van der Waals surface area (Å²) in [7, 11) is 0. The third kappa shape index (κ3) is 6.38. The highest BCUT2D eigenvalue weighted by molar-refractivity contribution is 7.98. The molecule has 142 valence electrons. The lowest BCUT2D eigenvalue weighted by atomic mass is 9.96. The maximum Gasteiger partial charge on any atom is 0.412 e. The van der Waals surface area contributed by atoms with Crippen LogP contribution in [0, 0.1) is 5.92 Å². The van der Waals surface area contributed by atoms with Crippen LogP contribution in [-0.2, 0) is 9.53 Å². The van der Waals surface area contributed by atoms with Crippen LogP contribution in [0.25, 0.3) is 0 Å². The lowest BCUT2D eigenvalue weighted by Crippen LogP contribution is -2.21. The number of carbonyl (C=O) groups excluding carboxylic acids is 1. The number of carbonyl (C=O) groups is 2. The number of thioether (sulfide) groups is 1. The van der Waals surface area contributed by atoms with Crippen molar-refractivity contribution >= 4 is 29.5 Å². The molecular weight excluding hydrogens is 366 g/mol. The summed E-state index contributed by atoms with van der Waals surface area (Å²) in [5, 5.41) is 21.0. The highest BCUT2D eigenvalue weighted by atomic mass is 32.2. The van der Waals surface area contributed by atoms with Gasteiger partial charge in [0.2, 0.25) is 0 Å². The Hall–Kier alpha value is -2.93. The van der Waals surface area contributed by atoms with Crippen LogP contribution in [0.3, 0.4) is 0 Å². The molecule has 2 atom stereocenters. The molecule has 27 heavy (non-hydrogen) atoms. The maximum atomic E-state index is 12.3. The number of carboxylic acids is 1. The van der Waals surface area contributed by atoms with Crippen LogP contribution >= 0.6 is 11.8 Å². The Morgan fingerprint density at radius 3 is 2.30 bits per heavy atom. The normalized spacial score (nSPS) is 13.1. The number of aromatic hydroxyl groups is 1. The van der Waals surface area contributed by atoms with Gasteiger partial charge in [-0.2, -0.15) is 0 Å². The van der Waals surface area contributed by atoms with E-state index in [-0.39, 0.29) is 5.75 Å². The summed E-state index contributed by atoms with van der Waals surface area (Å²) in [4.78, 5) is 24.2. The Morgan fingerprint density at radius 2 is 1.74 bits per heavy atom. The third-order valence-corrected chi connectivity index (χ3v) is 4.56. The molecule has 0 spiro atoms. The first-order chi connectivity index (χ1) is 12.9. The second kappa shape index (κ2) is 9.68. The number of carboxylic acid groups (broad SMARTS) is 1. The van der Waals surface area contributed by atoms with E-state index in [9.17, 15) is 14.7 Å². The van der Waals surface area contributed by atoms with E-state index < -0.39 is 24.1 Å². The first-order valence-electron chi connectivity index (χ1n) is 8.21. The monoisotopic (exact) mass is 387 g/mol. The van der Waals surface area contributed by atoms with Gasteiger partial charge in [0, 0.05) is 22.6 Å². The van der Waals surface area contributed by atoms with Crippen molar-refractivity contribution in [1.82, 2.24) is 0 Å². The van der Waals surface area contributed by atoms with Gasteiger partial charge in [0.05, 0.1) is 0 Å². The molecular formula is C20H21NO5S. The topological polar surface area (TPSA) is 95.9 Å². The average molecular weight is 387 g/mol. The molecule has 0 aliphatic heterocycles. The number of aliphatic carboxylic acids is 1. The number of benzene rings is 2. The fourth-order valence-electron chi connectivity index (χ4n) is 2.41. The lowest BCUT2D eigenvalue weighted by Gasteiger charge is -2.22. The molecule has 2 aromatic carbocycles. The van der Waals surface area contributed by atoms with Crippen molar-refractivity contribution in [3.8, 4) is 5.75 Å². The maximum absolute atomic E-state index is 12.3. The Labute approximate surface area is 161 Å². The van der Waals surface area contributed by atoms with Crippen molar-refractivity contribution in [1.29, 1.82) is 0 Å². The van der Waals surface area contributed by atoms with Gasteiger partial charge in [0.15, 0.2) is 0 Å². The van der Waals surface area contributed by atoms with Gasteiger partial charge in [-0.05, 0) is 48.2 Å². The van der Waals surface area contributed by atoms with Gasteiger partial charge in [-0.15, -0.1) is 11.8 Å². The molecule has 2 aromatic rings. The Balaban J connectivity index is 2.15. The molecule has 7 heteroatoms. The van der Waals surface area contributed by atoms with Crippen LogP contribution in [0.1, 0.15) is 18.6 Å². The smallest absolute Gasteiger partial charge is 0.412 e. The molecule has 1 amide bonds. The summed E-state index contributed by atoms with van der Waals surface area (Å²) in [5.74, 6) is -1.38. The summed E-state index contributed by atoms with van der Waals surface area (Å²) in [6.07, 6.45) is 3.07. The molecule has 0 aliphatic carbocycles. The van der Waals surface area contributed by atoms with E-state index in [1.807, 2.05) is 18.4 Å². The molecule has 2 rings (SSSR count). The number of rotatable bonds is 7. The first-order valence-corrected chi connectivity index (χ1v) is 9.43. The molecule has 3 N–H and O–H groups in total. The van der Waals surface area contributed by atoms with Crippen molar-refractivity contribution in [3.63, 3.8) is 0 Å². The van der Waals surface area contributed by atoms with Crippen LogP contribution < -0.4 is 5.32 Å². The minimum Gasteiger partial charge on any atom is -0.508 e. The quantitative estimate of drug-likeness (QED) is 0.471. The second-order valence-corrected chi connectivity index (χ2v) is 6.71. The molecule has 0 fully saturated rings. The van der Waals surface area contributed by atoms with Crippen LogP contribution in [0.4, 0.5) is 10.5 Å². The largest absolute Gasteiger partial charge is 0.508 e. The summed E-state index contributed by atoms with van der Waals surface area (Å²) in [5.41, 5.74) is 1.24. The minimum atomic E-state index is -1.08.